The molecule has 0 bridgehead atoms. The van der Waals surface area contributed by atoms with Crippen LogP contribution < -0.4 is 4.57 Å². The smallest absolute Gasteiger partial charge is 0.245 e. The van der Waals surface area contributed by atoms with E-state index in [1.165, 1.54) is 9.47 Å². The zero-order valence-electron chi connectivity index (χ0n) is 22.3. The van der Waals surface area contributed by atoms with Crippen molar-refractivity contribution in [3.8, 4) is 0 Å². The minimum Gasteiger partial charge on any atom is -0.245 e. The molecule has 0 radical (unpaired) electrons. The van der Waals surface area contributed by atoms with Crippen molar-refractivity contribution in [3.05, 3.63) is 18.7 Å². The molecule has 1 rings (SSSR count). The minimum atomic E-state index is -7.41. The first-order chi connectivity index (χ1) is 21.9. The van der Waals surface area contributed by atoms with Gasteiger partial charge in [0.25, 0.3) is 0 Å². The lowest BCUT2D eigenvalue weighted by atomic mass is 10.5. The normalized spacial score (nSPS) is 15.9. The van der Waals surface area contributed by atoms with Gasteiger partial charge < -0.3 is 0 Å². The molecule has 0 spiro atoms. The quantitative estimate of drug-likeness (QED) is 0.111. The summed E-state index contributed by atoms with van der Waals surface area (Å²) in [6, 6.07) is 0. The van der Waals surface area contributed by atoms with Crippen molar-refractivity contribution >= 4 is 0 Å². The highest BCUT2D eigenvalue weighted by atomic mass is 19.4. The lowest BCUT2D eigenvalue weighted by Gasteiger charge is -2.33. The number of aromatic nitrogens is 2. The Morgan fingerprint density at radius 3 is 0.961 bits per heavy atom. The standard InChI is InChI=1S/C17H7F26N2O6/c18-6(19,46-8(22,23)10(26,27)48-12(30,31)14(34,35)50-16(38,39)40)3-44-1-2-45(5-44)4-7(20,21)47-9(24,25)11(28,29)49-13(32,33)15(36,37)51-17(41,42)43/h1-2,5H,3-4H2/q+1. The average Bonchev–Trinajstić information content (AvgIpc) is 3.17. The molecule has 1 aromatic heterocycles. The molecule has 0 saturated carbocycles. The van der Waals surface area contributed by atoms with Gasteiger partial charge in [-0.3, -0.25) is 0 Å². The van der Waals surface area contributed by atoms with Crippen LogP contribution in [0.5, 0.6) is 0 Å². The molecular weight excluding hydrogens is 822 g/mol. The fraction of sp³-hybridized carbons (Fsp3) is 0.824. The van der Waals surface area contributed by atoms with E-state index in [4.69, 9.17) is 0 Å². The molecule has 8 nitrogen and oxygen atoms in total. The van der Waals surface area contributed by atoms with Crippen LogP contribution in [-0.4, -0.2) is 78.4 Å². The number of rotatable bonds is 18. The van der Waals surface area contributed by atoms with Crippen molar-refractivity contribution in [1.29, 1.82) is 0 Å². The fourth-order valence-corrected chi connectivity index (χ4v) is 2.58. The summed E-state index contributed by atoms with van der Waals surface area (Å²) in [5.41, 5.74) is 0. The third kappa shape index (κ3) is 12.4. The van der Waals surface area contributed by atoms with E-state index >= 15 is 0 Å². The van der Waals surface area contributed by atoms with Crippen molar-refractivity contribution in [2.75, 3.05) is 0 Å². The highest BCUT2D eigenvalue weighted by Crippen LogP contribution is 2.50. The molecule has 0 aliphatic rings. The Kier molecular flexibility index (Phi) is 12.2. The molecule has 1 aromatic rings. The van der Waals surface area contributed by atoms with Gasteiger partial charge in [0.05, 0.1) is 0 Å². The summed E-state index contributed by atoms with van der Waals surface area (Å²) in [6.45, 7) is -5.43. The molecule has 0 aliphatic heterocycles. The SMILES string of the molecule is FC(F)(F)OC(F)(F)C(F)(F)OC(F)(F)C(F)(F)OC(F)(F)Cn1cc[n+](CC(F)(F)OC(F)(F)C(F)(F)OC(F)(F)C(F)(F)OC(F)(F)F)c1. The summed E-state index contributed by atoms with van der Waals surface area (Å²) in [5, 5.41) is 0. The van der Waals surface area contributed by atoms with Gasteiger partial charge in [-0.25, -0.2) is 37.6 Å². The van der Waals surface area contributed by atoms with Gasteiger partial charge in [0.15, 0.2) is 13.1 Å². The maximum absolute atomic E-state index is 13.9. The number of nitrogens with zero attached hydrogens (tertiary/aromatic N) is 2. The van der Waals surface area contributed by atoms with Gasteiger partial charge in [-0.05, 0) is 0 Å². The molecule has 34 heteroatoms. The largest absolute Gasteiger partial charge is 0.527 e. The second kappa shape index (κ2) is 13.5. The Hall–Kier alpha value is -2.85. The summed E-state index contributed by atoms with van der Waals surface area (Å²) < 4.78 is 347. The lowest BCUT2D eigenvalue weighted by Crippen LogP contribution is -2.58. The monoisotopic (exact) mass is 829 g/mol. The lowest BCUT2D eigenvalue weighted by molar-refractivity contribution is -0.729. The zero-order valence-corrected chi connectivity index (χ0v) is 22.3. The van der Waals surface area contributed by atoms with E-state index in [9.17, 15) is 114 Å². The summed E-state index contributed by atoms with van der Waals surface area (Å²) in [4.78, 5) is 0. The fourth-order valence-electron chi connectivity index (χ4n) is 2.58. The van der Waals surface area contributed by atoms with Gasteiger partial charge in [0.1, 0.15) is 12.4 Å². The summed E-state index contributed by atoms with van der Waals surface area (Å²) in [6.07, 6.45) is -84.5. The van der Waals surface area contributed by atoms with Crippen LogP contribution in [-0.2, 0) is 41.5 Å². The molecule has 0 saturated heterocycles. The van der Waals surface area contributed by atoms with E-state index in [1.807, 2.05) is 0 Å². The number of halogens is 26. The molecule has 0 unspecified atom stereocenters. The van der Waals surface area contributed by atoms with E-state index < -0.39 is 96.0 Å². The van der Waals surface area contributed by atoms with Crippen molar-refractivity contribution in [2.24, 2.45) is 0 Å². The highest BCUT2D eigenvalue weighted by Gasteiger charge is 2.76. The highest BCUT2D eigenvalue weighted by molar-refractivity contribution is 4.78. The van der Waals surface area contributed by atoms with Crippen LogP contribution in [0.4, 0.5) is 114 Å². The predicted molar refractivity (Wildman–Crippen MR) is 92.7 cm³/mol. The average molecular weight is 829 g/mol. The molecule has 51 heavy (non-hydrogen) atoms. The first-order valence-electron chi connectivity index (χ1n) is 11.1. The molecule has 302 valence electrons. The first-order valence-corrected chi connectivity index (χ1v) is 11.1. The Balaban J connectivity index is 3.08. The summed E-state index contributed by atoms with van der Waals surface area (Å²) >= 11 is 0. The number of hydrogen-bond donors (Lipinski definition) is 0. The second-order valence-electron chi connectivity index (χ2n) is 8.67. The molecule has 0 atom stereocenters. The molecule has 0 aliphatic carbocycles. The number of alkyl halides is 26. The van der Waals surface area contributed by atoms with E-state index in [1.54, 1.807) is 9.47 Å². The first kappa shape index (κ1) is 46.2. The van der Waals surface area contributed by atoms with Gasteiger partial charge in [0, 0.05) is 0 Å². The number of imidazole rings is 1. The predicted octanol–water partition coefficient (Wildman–Crippen LogP) is 7.84. The minimum absolute atomic E-state index is 0.0809. The van der Waals surface area contributed by atoms with Crippen molar-refractivity contribution < 1.29 is 147 Å². The van der Waals surface area contributed by atoms with Gasteiger partial charge >= 0.3 is 73.8 Å². The van der Waals surface area contributed by atoms with Crippen molar-refractivity contribution in [1.82, 2.24) is 4.57 Å². The maximum atomic E-state index is 13.9. The maximum Gasteiger partial charge on any atom is 0.527 e. The van der Waals surface area contributed by atoms with E-state index in [0.717, 1.165) is 0 Å². The molecule has 0 aromatic carbocycles. The van der Waals surface area contributed by atoms with Gasteiger partial charge in [-0.2, -0.15) is 87.8 Å². The van der Waals surface area contributed by atoms with Crippen LogP contribution in [0.2, 0.25) is 0 Å². The second-order valence-corrected chi connectivity index (χ2v) is 8.67. The van der Waals surface area contributed by atoms with Crippen LogP contribution >= 0.6 is 0 Å². The molecule has 1 heterocycles. The van der Waals surface area contributed by atoms with Crippen LogP contribution in [0.15, 0.2) is 18.7 Å². The molecule has 0 N–H and O–H groups in total. The van der Waals surface area contributed by atoms with Gasteiger partial charge in [-0.15, -0.1) is 26.3 Å². The van der Waals surface area contributed by atoms with E-state index in [-0.39, 0.29) is 18.7 Å². The van der Waals surface area contributed by atoms with Crippen LogP contribution in [0.3, 0.4) is 0 Å². The number of hydrogen-bond acceptors (Lipinski definition) is 6. The Morgan fingerprint density at radius 1 is 0.373 bits per heavy atom. The Morgan fingerprint density at radius 2 is 0.647 bits per heavy atom. The van der Waals surface area contributed by atoms with Crippen LogP contribution in [0.25, 0.3) is 0 Å². The third-order valence-electron chi connectivity index (χ3n) is 4.39. The van der Waals surface area contributed by atoms with Crippen LogP contribution in [0.1, 0.15) is 0 Å². The number of ether oxygens (including phenoxy) is 6. The van der Waals surface area contributed by atoms with Crippen molar-refractivity contribution in [2.45, 2.75) is 86.9 Å². The van der Waals surface area contributed by atoms with Crippen LogP contribution in [0, 0.1) is 0 Å². The Bertz CT molecular complexity index is 1230. The molecule has 0 fully saturated rings. The van der Waals surface area contributed by atoms with Gasteiger partial charge in [-0.1, -0.05) is 0 Å². The summed E-state index contributed by atoms with van der Waals surface area (Å²) in [5.74, 6) is 0. The summed E-state index contributed by atoms with van der Waals surface area (Å²) in [7, 11) is 0. The zero-order chi connectivity index (χ0) is 40.9. The van der Waals surface area contributed by atoms with E-state index in [2.05, 4.69) is 9.47 Å². The Labute approximate surface area is 258 Å². The molecule has 0 amide bonds. The topological polar surface area (TPSA) is 64.2 Å². The third-order valence-corrected chi connectivity index (χ3v) is 4.39. The van der Waals surface area contributed by atoms with E-state index in [0.29, 0.717) is 0 Å². The van der Waals surface area contributed by atoms with Crippen molar-refractivity contribution in [3.63, 3.8) is 0 Å². The van der Waals surface area contributed by atoms with Gasteiger partial charge in [0.2, 0.25) is 6.33 Å². The molecular formula is C17H7F26N2O6+.